The number of nitrogens with zero attached hydrogens (tertiary/aromatic N) is 2. The van der Waals surface area contributed by atoms with Crippen LogP contribution in [0, 0.1) is 0 Å². The molecule has 5 nitrogen and oxygen atoms in total. The quantitative estimate of drug-likeness (QED) is 0.711. The molecule has 0 radical (unpaired) electrons. The summed E-state index contributed by atoms with van der Waals surface area (Å²) in [6.45, 7) is 1.48. The lowest BCUT2D eigenvalue weighted by Crippen LogP contribution is -2.25. The summed E-state index contributed by atoms with van der Waals surface area (Å²) in [6, 6.07) is 15.2. The third kappa shape index (κ3) is 3.44. The molecule has 1 amide bonds. The maximum absolute atomic E-state index is 12.0. The van der Waals surface area contributed by atoms with Crippen LogP contribution >= 0.6 is 0 Å². The zero-order valence-corrected chi connectivity index (χ0v) is 12.1. The molecule has 3 aromatic rings. The molecule has 0 spiro atoms. The van der Waals surface area contributed by atoms with Crippen LogP contribution in [0.1, 0.15) is 16.9 Å². The third-order valence-corrected chi connectivity index (χ3v) is 3.35. The van der Waals surface area contributed by atoms with Crippen molar-refractivity contribution in [2.24, 2.45) is 0 Å². The van der Waals surface area contributed by atoms with Gasteiger partial charge in [0.05, 0.1) is 0 Å². The molecule has 5 heteroatoms. The van der Waals surface area contributed by atoms with Crippen LogP contribution in [0.2, 0.25) is 0 Å². The van der Waals surface area contributed by atoms with E-state index < -0.39 is 0 Å². The largest absolute Gasteiger partial charge is 0.355 e. The number of hydrogen-bond acceptors (Lipinski definition) is 3. The van der Waals surface area contributed by atoms with E-state index in [4.69, 9.17) is 4.52 Å². The molecule has 22 heavy (non-hydrogen) atoms. The molecular formula is C17H17N3O2. The maximum atomic E-state index is 12.0. The van der Waals surface area contributed by atoms with Gasteiger partial charge in [0.2, 0.25) is 0 Å². The zero-order valence-electron chi connectivity index (χ0n) is 12.1. The van der Waals surface area contributed by atoms with Crippen LogP contribution in [0.5, 0.6) is 0 Å². The molecule has 0 aliphatic carbocycles. The molecule has 2 heterocycles. The van der Waals surface area contributed by atoms with E-state index in [1.54, 1.807) is 6.07 Å². The molecule has 0 saturated heterocycles. The van der Waals surface area contributed by atoms with Gasteiger partial charge in [-0.15, -0.1) is 0 Å². The molecule has 3 rings (SSSR count). The summed E-state index contributed by atoms with van der Waals surface area (Å²) >= 11 is 0. The van der Waals surface area contributed by atoms with Crippen LogP contribution in [0.4, 0.5) is 0 Å². The number of nitrogens with one attached hydrogen (secondary N) is 1. The second-order valence-corrected chi connectivity index (χ2v) is 4.97. The van der Waals surface area contributed by atoms with E-state index in [0.29, 0.717) is 18.0 Å². The lowest BCUT2D eigenvalue weighted by Gasteiger charge is -2.04. The highest BCUT2D eigenvalue weighted by Gasteiger charge is 2.12. The molecule has 0 atom stereocenters. The highest BCUT2D eigenvalue weighted by molar-refractivity contribution is 5.93. The van der Waals surface area contributed by atoms with Gasteiger partial charge in [-0.05, 0) is 18.6 Å². The second-order valence-electron chi connectivity index (χ2n) is 4.97. The van der Waals surface area contributed by atoms with E-state index in [9.17, 15) is 4.79 Å². The van der Waals surface area contributed by atoms with Crippen LogP contribution in [0.25, 0.3) is 11.3 Å². The van der Waals surface area contributed by atoms with Crippen molar-refractivity contribution < 1.29 is 9.32 Å². The Morgan fingerprint density at radius 3 is 2.68 bits per heavy atom. The molecular weight excluding hydrogens is 278 g/mol. The van der Waals surface area contributed by atoms with Crippen molar-refractivity contribution in [1.29, 1.82) is 0 Å². The normalized spacial score (nSPS) is 10.5. The predicted molar refractivity (Wildman–Crippen MR) is 83.3 cm³/mol. The van der Waals surface area contributed by atoms with Crippen molar-refractivity contribution in [1.82, 2.24) is 15.0 Å². The highest BCUT2D eigenvalue weighted by atomic mass is 16.5. The van der Waals surface area contributed by atoms with E-state index in [-0.39, 0.29) is 5.91 Å². The predicted octanol–water partition coefficient (Wildman–Crippen LogP) is 2.96. The van der Waals surface area contributed by atoms with Gasteiger partial charge in [-0.1, -0.05) is 35.5 Å². The topological polar surface area (TPSA) is 60.1 Å². The van der Waals surface area contributed by atoms with Gasteiger partial charge in [0.15, 0.2) is 11.5 Å². The van der Waals surface area contributed by atoms with E-state index in [2.05, 4.69) is 15.0 Å². The molecule has 0 saturated carbocycles. The van der Waals surface area contributed by atoms with Gasteiger partial charge in [0, 0.05) is 37.1 Å². The Morgan fingerprint density at radius 2 is 1.91 bits per heavy atom. The first kappa shape index (κ1) is 14.1. The molecule has 0 aliphatic rings. The lowest BCUT2D eigenvalue weighted by atomic mass is 10.1. The Bertz CT molecular complexity index is 717. The van der Waals surface area contributed by atoms with E-state index >= 15 is 0 Å². The number of amides is 1. The van der Waals surface area contributed by atoms with Crippen molar-refractivity contribution in [3.8, 4) is 11.3 Å². The Hall–Kier alpha value is -2.82. The average molecular weight is 295 g/mol. The molecule has 2 aromatic heterocycles. The molecule has 112 valence electrons. The summed E-state index contributed by atoms with van der Waals surface area (Å²) in [5.41, 5.74) is 1.21. The number of benzene rings is 1. The van der Waals surface area contributed by atoms with E-state index in [0.717, 1.165) is 18.5 Å². The maximum Gasteiger partial charge on any atom is 0.273 e. The van der Waals surface area contributed by atoms with Gasteiger partial charge >= 0.3 is 0 Å². The minimum Gasteiger partial charge on any atom is -0.355 e. The second kappa shape index (κ2) is 6.76. The molecule has 0 fully saturated rings. The van der Waals surface area contributed by atoms with Crippen molar-refractivity contribution in [2.75, 3.05) is 6.54 Å². The minimum absolute atomic E-state index is 0.210. The summed E-state index contributed by atoms with van der Waals surface area (Å²) in [5.74, 6) is 0.386. The first-order chi connectivity index (χ1) is 10.8. The molecule has 0 unspecified atom stereocenters. The molecule has 1 N–H and O–H groups in total. The Kier molecular flexibility index (Phi) is 4.34. The minimum atomic E-state index is -0.210. The SMILES string of the molecule is O=C(NCCCn1cccc1)c1cc(-c2ccccc2)on1. The van der Waals surface area contributed by atoms with Gasteiger partial charge < -0.3 is 14.4 Å². The number of carbonyl (C=O) groups is 1. The standard InChI is InChI=1S/C17H17N3O2/c21-17(18-9-6-12-20-10-4-5-11-20)15-13-16(22-19-15)14-7-2-1-3-8-14/h1-5,7-8,10-11,13H,6,9,12H2,(H,18,21). The van der Waals surface area contributed by atoms with Crippen molar-refractivity contribution >= 4 is 5.91 Å². The van der Waals surface area contributed by atoms with Crippen LogP contribution in [0.15, 0.2) is 65.4 Å². The molecule has 0 aliphatic heterocycles. The smallest absolute Gasteiger partial charge is 0.273 e. The van der Waals surface area contributed by atoms with Crippen molar-refractivity contribution in [2.45, 2.75) is 13.0 Å². The van der Waals surface area contributed by atoms with Crippen LogP contribution < -0.4 is 5.32 Å². The highest BCUT2D eigenvalue weighted by Crippen LogP contribution is 2.19. The monoisotopic (exact) mass is 295 g/mol. The average Bonchev–Trinajstić information content (AvgIpc) is 3.24. The van der Waals surface area contributed by atoms with Crippen LogP contribution in [-0.4, -0.2) is 22.2 Å². The number of carbonyl (C=O) groups excluding carboxylic acids is 1. The Labute approximate surface area is 128 Å². The number of rotatable bonds is 6. The van der Waals surface area contributed by atoms with Gasteiger partial charge in [0.25, 0.3) is 5.91 Å². The number of aromatic nitrogens is 2. The third-order valence-electron chi connectivity index (χ3n) is 3.35. The summed E-state index contributed by atoms with van der Waals surface area (Å²) < 4.78 is 7.30. The number of hydrogen-bond donors (Lipinski definition) is 1. The van der Waals surface area contributed by atoms with Gasteiger partial charge in [-0.2, -0.15) is 0 Å². The Morgan fingerprint density at radius 1 is 1.14 bits per heavy atom. The summed E-state index contributed by atoms with van der Waals surface area (Å²) in [6.07, 6.45) is 4.88. The fourth-order valence-electron chi connectivity index (χ4n) is 2.19. The first-order valence-electron chi connectivity index (χ1n) is 7.24. The zero-order chi connectivity index (χ0) is 15.2. The van der Waals surface area contributed by atoms with E-state index in [1.165, 1.54) is 0 Å². The summed E-state index contributed by atoms with van der Waals surface area (Å²) in [7, 11) is 0. The van der Waals surface area contributed by atoms with Crippen molar-refractivity contribution in [3.05, 3.63) is 66.6 Å². The molecule has 1 aromatic carbocycles. The van der Waals surface area contributed by atoms with Gasteiger partial charge in [-0.25, -0.2) is 0 Å². The summed E-state index contributed by atoms with van der Waals surface area (Å²) in [5, 5.41) is 6.68. The fraction of sp³-hybridized carbons (Fsp3) is 0.176. The molecule has 0 bridgehead atoms. The lowest BCUT2D eigenvalue weighted by molar-refractivity contribution is 0.0944. The van der Waals surface area contributed by atoms with E-state index in [1.807, 2.05) is 54.9 Å². The number of aryl methyl sites for hydroxylation is 1. The summed E-state index contributed by atoms with van der Waals surface area (Å²) in [4.78, 5) is 12.0. The van der Waals surface area contributed by atoms with Crippen LogP contribution in [-0.2, 0) is 6.54 Å². The van der Waals surface area contributed by atoms with Gasteiger partial charge in [-0.3, -0.25) is 4.79 Å². The Balaban J connectivity index is 1.51. The van der Waals surface area contributed by atoms with Gasteiger partial charge in [0.1, 0.15) is 0 Å². The van der Waals surface area contributed by atoms with Crippen molar-refractivity contribution in [3.63, 3.8) is 0 Å². The first-order valence-corrected chi connectivity index (χ1v) is 7.24. The fourth-order valence-corrected chi connectivity index (χ4v) is 2.19. The van der Waals surface area contributed by atoms with Crippen LogP contribution in [0.3, 0.4) is 0 Å².